The lowest BCUT2D eigenvalue weighted by molar-refractivity contribution is 0.264. The quantitative estimate of drug-likeness (QED) is 0.772. The van der Waals surface area contributed by atoms with E-state index in [-0.39, 0.29) is 0 Å². The predicted molar refractivity (Wildman–Crippen MR) is 56.1 cm³/mol. The van der Waals surface area contributed by atoms with Gasteiger partial charge in [0, 0.05) is 24.7 Å². The second-order valence-corrected chi connectivity index (χ2v) is 4.08. The molecule has 14 heavy (non-hydrogen) atoms. The largest absolute Gasteiger partial charge is 0.472 e. The van der Waals surface area contributed by atoms with Gasteiger partial charge in [-0.1, -0.05) is 0 Å². The Morgan fingerprint density at radius 3 is 3.36 bits per heavy atom. The van der Waals surface area contributed by atoms with Crippen LogP contribution in [0.15, 0.2) is 23.0 Å². The van der Waals surface area contributed by atoms with Gasteiger partial charge in [-0.2, -0.15) is 0 Å². The molecule has 0 aromatic carbocycles. The molecule has 2 heterocycles. The minimum absolute atomic E-state index is 0.601. The zero-order valence-corrected chi connectivity index (χ0v) is 8.70. The summed E-state index contributed by atoms with van der Waals surface area (Å²) in [5.74, 6) is 0. The first-order valence-electron chi connectivity index (χ1n) is 5.31. The van der Waals surface area contributed by atoms with Gasteiger partial charge in [-0.15, -0.1) is 0 Å². The van der Waals surface area contributed by atoms with Crippen LogP contribution in [-0.2, 0) is 6.54 Å². The Kier molecular flexibility index (Phi) is 3.22. The summed E-state index contributed by atoms with van der Waals surface area (Å²) in [6.45, 7) is 6.72. The van der Waals surface area contributed by atoms with Gasteiger partial charge in [-0.25, -0.2) is 0 Å². The summed E-state index contributed by atoms with van der Waals surface area (Å²) in [5, 5.41) is 3.49. The van der Waals surface area contributed by atoms with Crippen LogP contribution < -0.4 is 5.32 Å². The molecule has 0 radical (unpaired) electrons. The van der Waals surface area contributed by atoms with Crippen LogP contribution in [-0.4, -0.2) is 30.6 Å². The first-order valence-corrected chi connectivity index (χ1v) is 5.31. The van der Waals surface area contributed by atoms with Crippen molar-refractivity contribution in [1.82, 2.24) is 10.2 Å². The fraction of sp³-hybridized carbons (Fsp3) is 0.636. The van der Waals surface area contributed by atoms with E-state index in [1.165, 1.54) is 18.5 Å². The van der Waals surface area contributed by atoms with E-state index in [9.17, 15) is 0 Å². The average molecular weight is 194 g/mol. The summed E-state index contributed by atoms with van der Waals surface area (Å²) >= 11 is 0. The maximum Gasteiger partial charge on any atom is 0.0947 e. The number of nitrogens with zero attached hydrogens (tertiary/aromatic N) is 1. The molecule has 1 aliphatic heterocycles. The van der Waals surface area contributed by atoms with Crippen molar-refractivity contribution in [2.75, 3.05) is 19.6 Å². The van der Waals surface area contributed by atoms with Gasteiger partial charge in [-0.05, 0) is 32.5 Å². The van der Waals surface area contributed by atoms with Crippen LogP contribution in [0.4, 0.5) is 0 Å². The molecule has 1 aromatic rings. The SMILES string of the molecule is CC1CN(Cc2ccoc2)CCCN1. The topological polar surface area (TPSA) is 28.4 Å². The maximum absolute atomic E-state index is 5.07. The highest BCUT2D eigenvalue weighted by molar-refractivity contribution is 5.05. The third-order valence-electron chi connectivity index (χ3n) is 2.66. The lowest BCUT2D eigenvalue weighted by Gasteiger charge is -2.21. The molecular formula is C11H18N2O. The normalized spacial score (nSPS) is 24.8. The Hall–Kier alpha value is -0.800. The van der Waals surface area contributed by atoms with Gasteiger partial charge >= 0.3 is 0 Å². The third kappa shape index (κ3) is 2.59. The minimum Gasteiger partial charge on any atom is -0.472 e. The number of furan rings is 1. The average Bonchev–Trinajstić information content (AvgIpc) is 2.56. The molecule has 1 atom stereocenters. The van der Waals surface area contributed by atoms with E-state index in [0.717, 1.165) is 19.6 Å². The van der Waals surface area contributed by atoms with Crippen LogP contribution in [0.5, 0.6) is 0 Å². The number of hydrogen-bond acceptors (Lipinski definition) is 3. The summed E-state index contributed by atoms with van der Waals surface area (Å²) in [6.07, 6.45) is 4.82. The molecule has 78 valence electrons. The van der Waals surface area contributed by atoms with Crippen LogP contribution in [0.1, 0.15) is 18.9 Å². The molecule has 3 nitrogen and oxygen atoms in total. The van der Waals surface area contributed by atoms with Crippen LogP contribution in [0, 0.1) is 0 Å². The zero-order valence-electron chi connectivity index (χ0n) is 8.70. The molecule has 0 bridgehead atoms. The van der Waals surface area contributed by atoms with Gasteiger partial charge in [0.1, 0.15) is 0 Å². The minimum atomic E-state index is 0.601. The van der Waals surface area contributed by atoms with Crippen molar-refractivity contribution < 1.29 is 4.42 Å². The van der Waals surface area contributed by atoms with Crippen LogP contribution in [0.25, 0.3) is 0 Å². The molecule has 0 spiro atoms. The zero-order chi connectivity index (χ0) is 9.80. The van der Waals surface area contributed by atoms with Crippen molar-refractivity contribution in [3.8, 4) is 0 Å². The third-order valence-corrected chi connectivity index (χ3v) is 2.66. The van der Waals surface area contributed by atoms with Crippen molar-refractivity contribution >= 4 is 0 Å². The Morgan fingerprint density at radius 1 is 1.64 bits per heavy atom. The molecule has 1 saturated heterocycles. The van der Waals surface area contributed by atoms with E-state index in [1.807, 2.05) is 12.3 Å². The van der Waals surface area contributed by atoms with E-state index in [2.05, 4.69) is 17.1 Å². The van der Waals surface area contributed by atoms with Crippen molar-refractivity contribution in [1.29, 1.82) is 0 Å². The highest BCUT2D eigenvalue weighted by Crippen LogP contribution is 2.08. The van der Waals surface area contributed by atoms with Crippen molar-refractivity contribution in [2.45, 2.75) is 25.9 Å². The van der Waals surface area contributed by atoms with E-state index in [0.29, 0.717) is 6.04 Å². The van der Waals surface area contributed by atoms with Gasteiger partial charge in [0.2, 0.25) is 0 Å². The highest BCUT2D eigenvalue weighted by Gasteiger charge is 2.14. The molecule has 0 amide bonds. The Bertz CT molecular complexity index is 258. The van der Waals surface area contributed by atoms with E-state index >= 15 is 0 Å². The van der Waals surface area contributed by atoms with Crippen LogP contribution in [0.2, 0.25) is 0 Å². The molecule has 2 rings (SSSR count). The lowest BCUT2D eigenvalue weighted by atomic mass is 10.2. The summed E-state index contributed by atoms with van der Waals surface area (Å²) in [7, 11) is 0. The van der Waals surface area contributed by atoms with Crippen LogP contribution in [0.3, 0.4) is 0 Å². The number of hydrogen-bond donors (Lipinski definition) is 1. The van der Waals surface area contributed by atoms with Crippen LogP contribution >= 0.6 is 0 Å². The predicted octanol–water partition coefficient (Wildman–Crippen LogP) is 1.46. The molecule has 1 aromatic heterocycles. The van der Waals surface area contributed by atoms with Crippen molar-refractivity contribution in [3.05, 3.63) is 24.2 Å². The lowest BCUT2D eigenvalue weighted by Crippen LogP contribution is -2.34. The Labute approximate surface area is 85.1 Å². The first kappa shape index (κ1) is 9.74. The highest BCUT2D eigenvalue weighted by atomic mass is 16.3. The van der Waals surface area contributed by atoms with Gasteiger partial charge in [0.15, 0.2) is 0 Å². The standard InChI is InChI=1S/C11H18N2O/c1-10-7-13(5-2-4-12-10)8-11-3-6-14-9-11/h3,6,9-10,12H,2,4-5,7-8H2,1H3. The monoisotopic (exact) mass is 194 g/mol. The van der Waals surface area contributed by atoms with E-state index in [4.69, 9.17) is 4.42 Å². The first-order chi connectivity index (χ1) is 6.84. The maximum atomic E-state index is 5.07. The molecule has 0 aliphatic carbocycles. The Balaban J connectivity index is 1.90. The second kappa shape index (κ2) is 4.62. The smallest absolute Gasteiger partial charge is 0.0947 e. The Morgan fingerprint density at radius 2 is 2.57 bits per heavy atom. The van der Waals surface area contributed by atoms with Crippen molar-refractivity contribution in [3.63, 3.8) is 0 Å². The van der Waals surface area contributed by atoms with E-state index < -0.39 is 0 Å². The second-order valence-electron chi connectivity index (χ2n) is 4.08. The van der Waals surface area contributed by atoms with E-state index in [1.54, 1.807) is 6.26 Å². The molecule has 1 unspecified atom stereocenters. The number of nitrogens with one attached hydrogen (secondary N) is 1. The fourth-order valence-corrected chi connectivity index (χ4v) is 1.98. The van der Waals surface area contributed by atoms with Crippen molar-refractivity contribution in [2.24, 2.45) is 0 Å². The summed E-state index contributed by atoms with van der Waals surface area (Å²) < 4.78 is 5.07. The summed E-state index contributed by atoms with van der Waals surface area (Å²) in [6, 6.07) is 2.65. The van der Waals surface area contributed by atoms with Gasteiger partial charge < -0.3 is 9.73 Å². The van der Waals surface area contributed by atoms with Gasteiger partial charge in [0.25, 0.3) is 0 Å². The fourth-order valence-electron chi connectivity index (χ4n) is 1.98. The molecule has 1 N–H and O–H groups in total. The molecule has 1 aliphatic rings. The molecule has 3 heteroatoms. The summed E-state index contributed by atoms with van der Waals surface area (Å²) in [4.78, 5) is 2.48. The van der Waals surface area contributed by atoms with Gasteiger partial charge in [0.05, 0.1) is 12.5 Å². The molecular weight excluding hydrogens is 176 g/mol. The summed E-state index contributed by atoms with van der Waals surface area (Å²) in [5.41, 5.74) is 1.28. The molecule has 1 fully saturated rings. The molecule has 0 saturated carbocycles. The van der Waals surface area contributed by atoms with Gasteiger partial charge in [-0.3, -0.25) is 4.90 Å². The number of rotatable bonds is 2.